The molecule has 0 spiro atoms. The van der Waals surface area contributed by atoms with Gasteiger partial charge in [0.15, 0.2) is 0 Å². The van der Waals surface area contributed by atoms with Gasteiger partial charge < -0.3 is 5.11 Å². The highest BCUT2D eigenvalue weighted by atomic mass is 32.2. The van der Waals surface area contributed by atoms with Crippen molar-refractivity contribution in [2.45, 2.75) is 24.1 Å². The molecule has 6 heteroatoms. The van der Waals surface area contributed by atoms with Crippen LogP contribution in [0.5, 0.6) is 0 Å². The summed E-state index contributed by atoms with van der Waals surface area (Å²) in [5.74, 6) is 0.552. The number of aromatic carboxylic acids is 1. The van der Waals surface area contributed by atoms with Crippen LogP contribution in [0.4, 0.5) is 0 Å². The molecule has 5 nitrogen and oxygen atoms in total. The summed E-state index contributed by atoms with van der Waals surface area (Å²) in [6.45, 7) is 2.75. The Kier molecular flexibility index (Phi) is 3.99. The third-order valence-corrected chi connectivity index (χ3v) is 3.54. The maximum atomic E-state index is 11.1. The Morgan fingerprint density at radius 3 is 2.94 bits per heavy atom. The second-order valence-electron chi connectivity index (χ2n) is 3.58. The van der Waals surface area contributed by atoms with Crippen LogP contribution in [0.15, 0.2) is 35.5 Å². The molecule has 0 saturated heterocycles. The fraction of sp³-hybridized carbons (Fsp3) is 0.250. The molecule has 94 valence electrons. The SMILES string of the molecule is CCn1ncnc1CSc1ccccc1C(=O)O. The maximum Gasteiger partial charge on any atom is 0.336 e. The van der Waals surface area contributed by atoms with Gasteiger partial charge in [-0.05, 0) is 19.1 Å². The lowest BCUT2D eigenvalue weighted by molar-refractivity contribution is 0.0693. The monoisotopic (exact) mass is 263 g/mol. The van der Waals surface area contributed by atoms with Crippen LogP contribution in [0.3, 0.4) is 0 Å². The smallest absolute Gasteiger partial charge is 0.336 e. The summed E-state index contributed by atoms with van der Waals surface area (Å²) in [7, 11) is 0. The van der Waals surface area contributed by atoms with Crippen molar-refractivity contribution in [2.75, 3.05) is 0 Å². The van der Waals surface area contributed by atoms with E-state index in [1.165, 1.54) is 18.1 Å². The van der Waals surface area contributed by atoms with Crippen LogP contribution in [0.25, 0.3) is 0 Å². The molecule has 0 amide bonds. The van der Waals surface area contributed by atoms with E-state index >= 15 is 0 Å². The van der Waals surface area contributed by atoms with E-state index in [2.05, 4.69) is 10.1 Å². The van der Waals surface area contributed by atoms with E-state index in [0.717, 1.165) is 17.3 Å². The molecule has 1 N–H and O–H groups in total. The van der Waals surface area contributed by atoms with Crippen molar-refractivity contribution < 1.29 is 9.90 Å². The van der Waals surface area contributed by atoms with E-state index in [1.54, 1.807) is 22.9 Å². The Labute approximate surface area is 109 Å². The molecular formula is C12H13N3O2S. The highest BCUT2D eigenvalue weighted by molar-refractivity contribution is 7.98. The van der Waals surface area contributed by atoms with Crippen molar-refractivity contribution in [3.63, 3.8) is 0 Å². The van der Waals surface area contributed by atoms with Crippen LogP contribution >= 0.6 is 11.8 Å². The van der Waals surface area contributed by atoms with Crippen LogP contribution in [0, 0.1) is 0 Å². The zero-order valence-electron chi connectivity index (χ0n) is 9.91. The van der Waals surface area contributed by atoms with Crippen LogP contribution in [-0.4, -0.2) is 25.8 Å². The van der Waals surface area contributed by atoms with Gasteiger partial charge in [-0.2, -0.15) is 5.10 Å². The molecule has 18 heavy (non-hydrogen) atoms. The number of hydrogen-bond acceptors (Lipinski definition) is 4. The predicted molar refractivity (Wildman–Crippen MR) is 68.7 cm³/mol. The molecule has 0 unspecified atom stereocenters. The number of rotatable bonds is 5. The van der Waals surface area contributed by atoms with E-state index in [-0.39, 0.29) is 0 Å². The fourth-order valence-corrected chi connectivity index (χ4v) is 2.57. The van der Waals surface area contributed by atoms with E-state index in [9.17, 15) is 4.79 Å². The number of carbonyl (C=O) groups is 1. The first-order valence-corrected chi connectivity index (χ1v) is 6.52. The minimum absolute atomic E-state index is 0.324. The molecule has 0 bridgehead atoms. The Balaban J connectivity index is 2.13. The van der Waals surface area contributed by atoms with E-state index in [1.807, 2.05) is 13.0 Å². The summed E-state index contributed by atoms with van der Waals surface area (Å²) in [4.78, 5) is 16.0. The van der Waals surface area contributed by atoms with Gasteiger partial charge in [-0.25, -0.2) is 14.5 Å². The summed E-state index contributed by atoms with van der Waals surface area (Å²) in [5, 5.41) is 13.2. The van der Waals surface area contributed by atoms with Crippen LogP contribution in [0.1, 0.15) is 23.1 Å². The standard InChI is InChI=1S/C12H13N3O2S/c1-2-15-11(13-8-14-15)7-18-10-6-4-3-5-9(10)12(16)17/h3-6,8H,2,7H2,1H3,(H,16,17). The summed E-state index contributed by atoms with van der Waals surface area (Å²) < 4.78 is 1.80. The van der Waals surface area contributed by atoms with E-state index in [0.29, 0.717) is 11.3 Å². The lowest BCUT2D eigenvalue weighted by Crippen LogP contribution is -2.03. The van der Waals surface area contributed by atoms with Gasteiger partial charge >= 0.3 is 5.97 Å². The molecule has 0 aliphatic rings. The molecule has 2 rings (SSSR count). The molecule has 0 fully saturated rings. The first-order chi connectivity index (χ1) is 8.72. The Morgan fingerprint density at radius 1 is 1.44 bits per heavy atom. The minimum atomic E-state index is -0.907. The number of nitrogens with zero attached hydrogens (tertiary/aromatic N) is 3. The lowest BCUT2D eigenvalue weighted by atomic mass is 10.2. The highest BCUT2D eigenvalue weighted by Crippen LogP contribution is 2.25. The number of aryl methyl sites for hydroxylation is 1. The molecule has 0 aliphatic heterocycles. The Hall–Kier alpha value is -1.82. The normalized spacial score (nSPS) is 10.5. The average Bonchev–Trinajstić information content (AvgIpc) is 2.84. The van der Waals surface area contributed by atoms with Crippen molar-refractivity contribution in [3.8, 4) is 0 Å². The third kappa shape index (κ3) is 2.70. The topological polar surface area (TPSA) is 68.0 Å². The summed E-state index contributed by atoms with van der Waals surface area (Å²) in [6.07, 6.45) is 1.52. The highest BCUT2D eigenvalue weighted by Gasteiger charge is 2.11. The largest absolute Gasteiger partial charge is 0.478 e. The molecule has 1 aromatic carbocycles. The molecule has 0 aliphatic carbocycles. The quantitative estimate of drug-likeness (QED) is 0.838. The average molecular weight is 263 g/mol. The maximum absolute atomic E-state index is 11.1. The lowest BCUT2D eigenvalue weighted by Gasteiger charge is -2.05. The molecule has 0 saturated carbocycles. The van der Waals surface area contributed by atoms with Gasteiger partial charge in [0.1, 0.15) is 12.2 Å². The van der Waals surface area contributed by atoms with Gasteiger partial charge in [-0.3, -0.25) is 0 Å². The predicted octanol–water partition coefficient (Wildman–Crippen LogP) is 2.29. The van der Waals surface area contributed by atoms with Crippen molar-refractivity contribution in [1.82, 2.24) is 14.8 Å². The molecular weight excluding hydrogens is 250 g/mol. The zero-order valence-corrected chi connectivity index (χ0v) is 10.7. The number of benzene rings is 1. The first-order valence-electron chi connectivity index (χ1n) is 5.54. The molecule has 1 aromatic heterocycles. The van der Waals surface area contributed by atoms with E-state index < -0.39 is 5.97 Å². The van der Waals surface area contributed by atoms with Crippen LogP contribution in [-0.2, 0) is 12.3 Å². The molecule has 0 atom stereocenters. The second kappa shape index (κ2) is 5.68. The fourth-order valence-electron chi connectivity index (χ4n) is 1.58. The van der Waals surface area contributed by atoms with Crippen LogP contribution < -0.4 is 0 Å². The number of thioether (sulfide) groups is 1. The van der Waals surface area contributed by atoms with Crippen molar-refractivity contribution in [1.29, 1.82) is 0 Å². The van der Waals surface area contributed by atoms with Gasteiger partial charge in [-0.1, -0.05) is 12.1 Å². The van der Waals surface area contributed by atoms with E-state index in [4.69, 9.17) is 5.11 Å². The van der Waals surface area contributed by atoms with Gasteiger partial charge in [0, 0.05) is 11.4 Å². The summed E-state index contributed by atoms with van der Waals surface area (Å²) in [5.41, 5.74) is 0.324. The number of carboxylic acid groups (broad SMARTS) is 1. The molecule has 0 radical (unpaired) electrons. The Bertz CT molecular complexity index is 554. The van der Waals surface area contributed by atoms with Crippen molar-refractivity contribution in [2.24, 2.45) is 0 Å². The minimum Gasteiger partial charge on any atom is -0.478 e. The van der Waals surface area contributed by atoms with Gasteiger partial charge in [0.2, 0.25) is 0 Å². The third-order valence-electron chi connectivity index (χ3n) is 2.47. The van der Waals surface area contributed by atoms with Crippen molar-refractivity contribution in [3.05, 3.63) is 42.0 Å². The molecule has 2 aromatic rings. The van der Waals surface area contributed by atoms with Crippen molar-refractivity contribution >= 4 is 17.7 Å². The second-order valence-corrected chi connectivity index (χ2v) is 4.60. The summed E-state index contributed by atoms with van der Waals surface area (Å²) in [6, 6.07) is 6.97. The zero-order chi connectivity index (χ0) is 13.0. The van der Waals surface area contributed by atoms with Crippen LogP contribution in [0.2, 0.25) is 0 Å². The first kappa shape index (κ1) is 12.6. The number of carboxylic acids is 1. The Morgan fingerprint density at radius 2 is 2.22 bits per heavy atom. The number of hydrogen-bond donors (Lipinski definition) is 1. The van der Waals surface area contributed by atoms with Gasteiger partial charge in [0.25, 0.3) is 0 Å². The van der Waals surface area contributed by atoms with Gasteiger partial charge in [-0.15, -0.1) is 11.8 Å². The number of aromatic nitrogens is 3. The molecule has 1 heterocycles. The van der Waals surface area contributed by atoms with Gasteiger partial charge in [0.05, 0.1) is 11.3 Å². The summed E-state index contributed by atoms with van der Waals surface area (Å²) >= 11 is 1.46.